The molecule has 0 bridgehead atoms. The Morgan fingerprint density at radius 1 is 0.944 bits per heavy atom. The molecule has 18 heavy (non-hydrogen) atoms. The summed E-state index contributed by atoms with van der Waals surface area (Å²) in [7, 11) is 0. The number of rotatable bonds is 5. The molecule has 2 rings (SSSR count). The van der Waals surface area contributed by atoms with Crippen LogP contribution in [0.5, 0.6) is 0 Å². The predicted molar refractivity (Wildman–Crippen MR) is 73.4 cm³/mol. The van der Waals surface area contributed by atoms with E-state index in [0.717, 1.165) is 25.9 Å². The molecule has 3 nitrogen and oxygen atoms in total. The lowest BCUT2D eigenvalue weighted by atomic mass is 9.79. The molecule has 0 aromatic heterocycles. The van der Waals surface area contributed by atoms with Crippen LogP contribution in [0.15, 0.2) is 0 Å². The largest absolute Gasteiger partial charge is 0.396 e. The fourth-order valence-corrected chi connectivity index (χ4v) is 3.67. The molecule has 3 N–H and O–H groups in total. The van der Waals surface area contributed by atoms with Gasteiger partial charge in [0.1, 0.15) is 0 Å². The second-order valence-corrected chi connectivity index (χ2v) is 6.40. The van der Waals surface area contributed by atoms with Crippen LogP contribution < -0.4 is 5.32 Å². The lowest BCUT2D eigenvalue weighted by Crippen LogP contribution is -2.44. The fourth-order valence-electron chi connectivity index (χ4n) is 3.67. The third-order valence-electron chi connectivity index (χ3n) is 4.95. The number of hydrogen-bond acceptors (Lipinski definition) is 3. The van der Waals surface area contributed by atoms with Gasteiger partial charge >= 0.3 is 0 Å². The molecule has 0 radical (unpaired) electrons. The van der Waals surface area contributed by atoms with Crippen molar-refractivity contribution in [2.24, 2.45) is 11.8 Å². The Balaban J connectivity index is 1.70. The van der Waals surface area contributed by atoms with Gasteiger partial charge in [0.2, 0.25) is 0 Å². The number of aliphatic hydroxyl groups is 2. The van der Waals surface area contributed by atoms with Crippen LogP contribution in [-0.2, 0) is 0 Å². The standard InChI is InChI=1S/C15H29NO2/c17-11-14-7-3-2-6-13(14)10-16-12-15(18)8-4-1-5-9-15/h13-14,16-18H,1-12H2. The number of aliphatic hydroxyl groups excluding tert-OH is 1. The first-order valence-electron chi connectivity index (χ1n) is 7.77. The van der Waals surface area contributed by atoms with E-state index in [0.29, 0.717) is 18.4 Å². The molecule has 0 spiro atoms. The van der Waals surface area contributed by atoms with E-state index in [1.165, 1.54) is 44.9 Å². The third-order valence-corrected chi connectivity index (χ3v) is 4.95. The molecule has 2 fully saturated rings. The zero-order chi connectivity index (χ0) is 12.8. The molecule has 2 saturated carbocycles. The molecule has 2 unspecified atom stereocenters. The van der Waals surface area contributed by atoms with Gasteiger partial charge in [-0.3, -0.25) is 0 Å². The Hall–Kier alpha value is -0.120. The van der Waals surface area contributed by atoms with Gasteiger partial charge in [0, 0.05) is 13.2 Å². The van der Waals surface area contributed by atoms with E-state index >= 15 is 0 Å². The molecule has 0 amide bonds. The van der Waals surface area contributed by atoms with E-state index in [-0.39, 0.29) is 0 Å². The maximum atomic E-state index is 10.4. The Labute approximate surface area is 111 Å². The van der Waals surface area contributed by atoms with Crippen molar-refractivity contribution >= 4 is 0 Å². The lowest BCUT2D eigenvalue weighted by molar-refractivity contribution is 0.00285. The van der Waals surface area contributed by atoms with Crippen molar-refractivity contribution in [3.05, 3.63) is 0 Å². The van der Waals surface area contributed by atoms with Gasteiger partial charge in [-0.05, 0) is 44.1 Å². The first-order chi connectivity index (χ1) is 8.73. The van der Waals surface area contributed by atoms with Gasteiger partial charge < -0.3 is 15.5 Å². The highest BCUT2D eigenvalue weighted by molar-refractivity contribution is 4.85. The van der Waals surface area contributed by atoms with E-state index in [4.69, 9.17) is 0 Å². The smallest absolute Gasteiger partial charge is 0.0771 e. The molecule has 3 heteroatoms. The summed E-state index contributed by atoms with van der Waals surface area (Å²) < 4.78 is 0. The van der Waals surface area contributed by atoms with Gasteiger partial charge in [0.05, 0.1) is 5.60 Å². The van der Waals surface area contributed by atoms with E-state index in [2.05, 4.69) is 5.32 Å². The molecule has 0 aromatic rings. The van der Waals surface area contributed by atoms with Crippen LogP contribution in [0.25, 0.3) is 0 Å². The van der Waals surface area contributed by atoms with Crippen molar-refractivity contribution in [1.82, 2.24) is 5.32 Å². The van der Waals surface area contributed by atoms with Crippen molar-refractivity contribution in [2.75, 3.05) is 19.7 Å². The third kappa shape index (κ3) is 3.94. The Morgan fingerprint density at radius 2 is 1.61 bits per heavy atom. The summed E-state index contributed by atoms with van der Waals surface area (Å²) in [6.45, 7) is 2.03. The summed E-state index contributed by atoms with van der Waals surface area (Å²) in [5.74, 6) is 1.09. The minimum absolute atomic E-state index is 0.330. The van der Waals surface area contributed by atoms with Crippen molar-refractivity contribution in [1.29, 1.82) is 0 Å². The molecule has 2 aliphatic rings. The Kier molecular flexibility index (Phi) is 5.46. The van der Waals surface area contributed by atoms with Gasteiger partial charge in [-0.25, -0.2) is 0 Å². The van der Waals surface area contributed by atoms with E-state index < -0.39 is 5.60 Å². The SMILES string of the molecule is OCC1CCCCC1CNCC1(O)CCCCC1. The van der Waals surface area contributed by atoms with Crippen LogP contribution in [0.3, 0.4) is 0 Å². The van der Waals surface area contributed by atoms with Crippen molar-refractivity contribution < 1.29 is 10.2 Å². The minimum atomic E-state index is -0.457. The van der Waals surface area contributed by atoms with Crippen molar-refractivity contribution in [3.63, 3.8) is 0 Å². The van der Waals surface area contributed by atoms with Gasteiger partial charge in [0.25, 0.3) is 0 Å². The molecule has 0 heterocycles. The van der Waals surface area contributed by atoms with Crippen molar-refractivity contribution in [2.45, 2.75) is 63.4 Å². The molecule has 0 saturated heterocycles. The molecular formula is C15H29NO2. The number of nitrogens with one attached hydrogen (secondary N) is 1. The van der Waals surface area contributed by atoms with Crippen LogP contribution in [-0.4, -0.2) is 35.5 Å². The van der Waals surface area contributed by atoms with Gasteiger partial charge in [0.15, 0.2) is 0 Å². The van der Waals surface area contributed by atoms with Gasteiger partial charge in [-0.2, -0.15) is 0 Å². The van der Waals surface area contributed by atoms with E-state index in [9.17, 15) is 10.2 Å². The normalized spacial score (nSPS) is 32.3. The highest BCUT2D eigenvalue weighted by Gasteiger charge is 2.30. The van der Waals surface area contributed by atoms with Crippen LogP contribution >= 0.6 is 0 Å². The Morgan fingerprint density at radius 3 is 2.28 bits per heavy atom. The highest BCUT2D eigenvalue weighted by Crippen LogP contribution is 2.30. The average Bonchev–Trinajstić information content (AvgIpc) is 2.40. The zero-order valence-corrected chi connectivity index (χ0v) is 11.5. The highest BCUT2D eigenvalue weighted by atomic mass is 16.3. The summed E-state index contributed by atoms with van der Waals surface area (Å²) in [5, 5.41) is 23.3. The molecule has 0 aromatic carbocycles. The van der Waals surface area contributed by atoms with Crippen LogP contribution in [0.1, 0.15) is 57.8 Å². The summed E-state index contributed by atoms with van der Waals surface area (Å²) in [4.78, 5) is 0. The number of hydrogen-bond donors (Lipinski definition) is 3. The monoisotopic (exact) mass is 255 g/mol. The average molecular weight is 255 g/mol. The minimum Gasteiger partial charge on any atom is -0.396 e. The van der Waals surface area contributed by atoms with E-state index in [1.807, 2.05) is 0 Å². The maximum Gasteiger partial charge on any atom is 0.0771 e. The molecule has 0 aliphatic heterocycles. The van der Waals surface area contributed by atoms with Gasteiger partial charge in [-0.15, -0.1) is 0 Å². The summed E-state index contributed by atoms with van der Waals surface area (Å²) in [6, 6.07) is 0. The van der Waals surface area contributed by atoms with Crippen LogP contribution in [0.2, 0.25) is 0 Å². The summed E-state index contributed by atoms with van der Waals surface area (Å²) >= 11 is 0. The first-order valence-corrected chi connectivity index (χ1v) is 7.77. The molecule has 106 valence electrons. The maximum absolute atomic E-state index is 10.4. The quantitative estimate of drug-likeness (QED) is 0.705. The van der Waals surface area contributed by atoms with Crippen LogP contribution in [0.4, 0.5) is 0 Å². The van der Waals surface area contributed by atoms with E-state index in [1.54, 1.807) is 0 Å². The van der Waals surface area contributed by atoms with Gasteiger partial charge in [-0.1, -0.05) is 32.1 Å². The topological polar surface area (TPSA) is 52.5 Å². The first kappa shape index (κ1) is 14.3. The second-order valence-electron chi connectivity index (χ2n) is 6.40. The van der Waals surface area contributed by atoms with Crippen molar-refractivity contribution in [3.8, 4) is 0 Å². The molecular weight excluding hydrogens is 226 g/mol. The summed E-state index contributed by atoms with van der Waals surface area (Å²) in [5.41, 5.74) is -0.457. The Bertz CT molecular complexity index is 239. The zero-order valence-electron chi connectivity index (χ0n) is 11.5. The summed E-state index contributed by atoms with van der Waals surface area (Å²) in [6.07, 6.45) is 10.5. The lowest BCUT2D eigenvalue weighted by Gasteiger charge is -2.35. The molecule has 2 atom stereocenters. The molecule has 2 aliphatic carbocycles. The fraction of sp³-hybridized carbons (Fsp3) is 1.00. The van der Waals surface area contributed by atoms with Crippen LogP contribution in [0, 0.1) is 11.8 Å². The second kappa shape index (κ2) is 6.88. The predicted octanol–water partition coefficient (Wildman–Crippen LogP) is 2.07.